The second kappa shape index (κ2) is 10.2. The predicted molar refractivity (Wildman–Crippen MR) is 159 cm³/mol. The van der Waals surface area contributed by atoms with Crippen LogP contribution < -0.4 is 15.4 Å². The summed E-state index contributed by atoms with van der Waals surface area (Å²) in [7, 11) is 0. The van der Waals surface area contributed by atoms with Crippen LogP contribution in [0.2, 0.25) is 5.02 Å². The molecule has 2 aliphatic rings. The van der Waals surface area contributed by atoms with Crippen molar-refractivity contribution in [1.82, 2.24) is 24.1 Å². The van der Waals surface area contributed by atoms with Crippen molar-refractivity contribution < 1.29 is 4.55 Å². The SMILES string of the molecule is CC(C)(C)[S@@+]([O-])NC1CN(c2ncc(Sc3ccnc(N)c3Cl)c3nccn23)CCC12Cc1ccccc1C2. The van der Waals surface area contributed by atoms with Gasteiger partial charge in [-0.1, -0.05) is 47.6 Å². The summed E-state index contributed by atoms with van der Waals surface area (Å²) in [5.41, 5.74) is 9.55. The molecule has 1 aromatic carbocycles. The number of pyridine rings is 1. The third kappa shape index (κ3) is 4.97. The van der Waals surface area contributed by atoms with Gasteiger partial charge in [0.05, 0.1) is 16.0 Å². The van der Waals surface area contributed by atoms with E-state index < -0.39 is 11.4 Å². The Hall–Kier alpha value is -2.50. The van der Waals surface area contributed by atoms with Gasteiger partial charge in [0.2, 0.25) is 5.95 Å². The lowest BCUT2D eigenvalue weighted by molar-refractivity contribution is 0.179. The van der Waals surface area contributed by atoms with E-state index in [0.29, 0.717) is 17.4 Å². The van der Waals surface area contributed by atoms with E-state index in [-0.39, 0.29) is 16.2 Å². The van der Waals surface area contributed by atoms with E-state index >= 15 is 0 Å². The van der Waals surface area contributed by atoms with E-state index in [2.05, 4.69) is 43.9 Å². The maximum absolute atomic E-state index is 13.4. The highest BCUT2D eigenvalue weighted by molar-refractivity contribution is 7.99. The first-order chi connectivity index (χ1) is 18.6. The molecule has 1 saturated heterocycles. The molecule has 1 unspecified atom stereocenters. The number of nitrogens with one attached hydrogen (secondary N) is 1. The Morgan fingerprint density at radius 2 is 1.85 bits per heavy atom. The summed E-state index contributed by atoms with van der Waals surface area (Å²) in [5, 5.41) is 0.427. The molecular weight excluding hydrogens is 550 g/mol. The first-order valence-corrected chi connectivity index (χ1v) is 15.4. The zero-order valence-corrected chi connectivity index (χ0v) is 24.6. The molecule has 1 aliphatic carbocycles. The number of piperidine rings is 1. The first kappa shape index (κ1) is 26.7. The third-order valence-corrected chi connectivity index (χ3v) is 11.0. The lowest BCUT2D eigenvalue weighted by atomic mass is 9.72. The second-order valence-electron chi connectivity index (χ2n) is 11.4. The lowest BCUT2D eigenvalue weighted by Gasteiger charge is -2.46. The molecule has 4 aromatic rings. The van der Waals surface area contributed by atoms with Crippen molar-refractivity contribution in [3.8, 4) is 0 Å². The molecule has 4 heterocycles. The normalized spacial score (nSPS) is 19.5. The van der Waals surface area contributed by atoms with Crippen molar-refractivity contribution >= 4 is 52.1 Å². The number of aromatic nitrogens is 4. The van der Waals surface area contributed by atoms with Gasteiger partial charge in [-0.05, 0) is 57.2 Å². The van der Waals surface area contributed by atoms with Crippen LogP contribution in [0.5, 0.6) is 0 Å². The molecule has 6 rings (SSSR count). The molecule has 1 spiro atoms. The summed E-state index contributed by atoms with van der Waals surface area (Å²) in [4.78, 5) is 17.6. The fourth-order valence-corrected chi connectivity index (χ4v) is 7.73. The molecule has 39 heavy (non-hydrogen) atoms. The number of imidazole rings is 1. The van der Waals surface area contributed by atoms with Gasteiger partial charge < -0.3 is 15.2 Å². The molecule has 0 radical (unpaired) electrons. The smallest absolute Gasteiger partial charge is 0.211 e. The van der Waals surface area contributed by atoms with Gasteiger partial charge in [-0.15, -0.1) is 4.72 Å². The summed E-state index contributed by atoms with van der Waals surface area (Å²) in [6.45, 7) is 7.61. The van der Waals surface area contributed by atoms with Gasteiger partial charge in [-0.25, -0.2) is 15.0 Å². The number of nitrogens with two attached hydrogens (primary N) is 1. The number of hydrogen-bond acceptors (Lipinski definition) is 8. The van der Waals surface area contributed by atoms with E-state index in [4.69, 9.17) is 22.3 Å². The van der Waals surface area contributed by atoms with Crippen LogP contribution in [-0.2, 0) is 24.2 Å². The average Bonchev–Trinajstić information content (AvgIpc) is 3.53. The highest BCUT2D eigenvalue weighted by Gasteiger charge is 2.50. The molecule has 0 amide bonds. The second-order valence-corrected chi connectivity index (χ2v) is 14.8. The highest BCUT2D eigenvalue weighted by Crippen LogP contribution is 2.46. The van der Waals surface area contributed by atoms with Gasteiger partial charge in [0.25, 0.3) is 0 Å². The minimum Gasteiger partial charge on any atom is -0.598 e. The quantitative estimate of drug-likeness (QED) is 0.320. The van der Waals surface area contributed by atoms with Crippen molar-refractivity contribution in [1.29, 1.82) is 0 Å². The fourth-order valence-electron chi connectivity index (χ4n) is 5.66. The van der Waals surface area contributed by atoms with E-state index in [9.17, 15) is 4.55 Å². The largest absolute Gasteiger partial charge is 0.598 e. The Morgan fingerprint density at radius 3 is 2.56 bits per heavy atom. The molecule has 1 fully saturated rings. The van der Waals surface area contributed by atoms with Crippen LogP contribution in [0.4, 0.5) is 11.8 Å². The van der Waals surface area contributed by atoms with Gasteiger partial charge in [-0.3, -0.25) is 4.40 Å². The predicted octanol–water partition coefficient (Wildman–Crippen LogP) is 4.93. The van der Waals surface area contributed by atoms with Crippen molar-refractivity contribution in [3.05, 3.63) is 71.3 Å². The maximum atomic E-state index is 13.4. The Kier molecular flexibility index (Phi) is 6.96. The van der Waals surface area contributed by atoms with Gasteiger partial charge in [-0.2, -0.15) is 0 Å². The molecule has 3 N–H and O–H groups in total. The molecule has 0 bridgehead atoms. The number of benzene rings is 1. The van der Waals surface area contributed by atoms with E-state index in [1.54, 1.807) is 12.4 Å². The number of nitrogens with zero attached hydrogens (tertiary/aromatic N) is 5. The molecule has 204 valence electrons. The molecule has 1 aliphatic heterocycles. The van der Waals surface area contributed by atoms with Crippen LogP contribution in [0.15, 0.2) is 64.9 Å². The van der Waals surface area contributed by atoms with Gasteiger partial charge in [0.15, 0.2) is 5.65 Å². The van der Waals surface area contributed by atoms with E-state index in [1.807, 2.05) is 43.6 Å². The number of hydrogen-bond donors (Lipinski definition) is 2. The number of halogens is 1. The highest BCUT2D eigenvalue weighted by atomic mass is 35.5. The average molecular weight is 582 g/mol. The molecule has 2 atom stereocenters. The molecule has 8 nitrogen and oxygen atoms in total. The van der Waals surface area contributed by atoms with Crippen molar-refractivity contribution in [3.63, 3.8) is 0 Å². The van der Waals surface area contributed by atoms with Crippen LogP contribution in [0, 0.1) is 5.41 Å². The number of fused-ring (bicyclic) bond motifs is 2. The topological polar surface area (TPSA) is 107 Å². The summed E-state index contributed by atoms with van der Waals surface area (Å²) in [6.07, 6.45) is 10.2. The summed E-state index contributed by atoms with van der Waals surface area (Å²) < 4.78 is 18.6. The Bertz CT molecular complexity index is 1500. The number of rotatable bonds is 5. The summed E-state index contributed by atoms with van der Waals surface area (Å²) in [6, 6.07) is 10.6. The Morgan fingerprint density at radius 1 is 1.10 bits per heavy atom. The van der Waals surface area contributed by atoms with E-state index in [1.165, 1.54) is 22.9 Å². The maximum Gasteiger partial charge on any atom is 0.211 e. The van der Waals surface area contributed by atoms with Gasteiger partial charge in [0, 0.05) is 59.5 Å². The zero-order valence-electron chi connectivity index (χ0n) is 22.2. The van der Waals surface area contributed by atoms with Crippen LogP contribution >= 0.6 is 23.4 Å². The fraction of sp³-hybridized carbons (Fsp3) is 0.393. The van der Waals surface area contributed by atoms with Crippen LogP contribution in [0.25, 0.3) is 5.65 Å². The standard InChI is InChI=1S/C28H32ClN7OS2/c1-27(2,3)39(37)34-22-17-35(12-9-28(22)14-18-6-4-5-7-19(18)15-28)26-33-16-21(25-32-11-13-36(25)26)38-20-8-10-31-24(30)23(20)29/h4-8,10-11,13,16,22,34H,9,12,14-15,17H2,1-3H3,(H2,30,31)/t22?,39-/m1/s1. The molecule has 3 aromatic heterocycles. The van der Waals surface area contributed by atoms with Crippen molar-refractivity contribution in [2.24, 2.45) is 5.41 Å². The number of anilines is 2. The Labute approximate surface area is 241 Å². The number of nitrogen functional groups attached to an aromatic ring is 1. The van der Waals surface area contributed by atoms with Crippen LogP contribution in [-0.4, -0.2) is 47.8 Å². The van der Waals surface area contributed by atoms with Crippen LogP contribution in [0.1, 0.15) is 38.3 Å². The molecular formula is C28H32ClN7OS2. The van der Waals surface area contributed by atoms with Gasteiger partial charge >= 0.3 is 0 Å². The molecule has 0 saturated carbocycles. The van der Waals surface area contributed by atoms with Crippen molar-refractivity contribution in [2.75, 3.05) is 23.7 Å². The van der Waals surface area contributed by atoms with Crippen LogP contribution in [0.3, 0.4) is 0 Å². The van der Waals surface area contributed by atoms with Gasteiger partial charge in [0.1, 0.15) is 10.6 Å². The van der Waals surface area contributed by atoms with E-state index in [0.717, 1.165) is 47.2 Å². The minimum absolute atomic E-state index is 0.0168. The minimum atomic E-state index is -1.19. The lowest BCUT2D eigenvalue weighted by Crippen LogP contribution is -2.61. The third-order valence-electron chi connectivity index (χ3n) is 7.79. The molecule has 11 heteroatoms. The first-order valence-electron chi connectivity index (χ1n) is 13.0. The monoisotopic (exact) mass is 581 g/mol. The zero-order chi connectivity index (χ0) is 27.4. The summed E-state index contributed by atoms with van der Waals surface area (Å²) in [5.74, 6) is 1.12. The summed E-state index contributed by atoms with van der Waals surface area (Å²) >= 11 is 6.69. The van der Waals surface area contributed by atoms with Crippen molar-refractivity contribution in [2.45, 2.75) is 60.6 Å². The Balaban J connectivity index is 1.31.